The second kappa shape index (κ2) is 2.98. The van der Waals surface area contributed by atoms with Crippen molar-refractivity contribution >= 4 is 27.8 Å². The van der Waals surface area contributed by atoms with Crippen LogP contribution in [0, 0.1) is 0 Å². The van der Waals surface area contributed by atoms with Gasteiger partial charge in [0, 0.05) is 23.3 Å². The van der Waals surface area contributed by atoms with Crippen LogP contribution in [0.15, 0.2) is 36.4 Å². The lowest BCUT2D eigenvalue weighted by atomic mass is 10.2. The monoisotopic (exact) mass is 197 g/mol. The third kappa shape index (κ3) is 1.16. The fourth-order valence-corrected chi connectivity index (χ4v) is 1.87. The van der Waals surface area contributed by atoms with Gasteiger partial charge >= 0.3 is 0 Å². The van der Waals surface area contributed by atoms with E-state index in [0.717, 1.165) is 17.0 Å². The molecule has 0 bridgehead atoms. The second-order valence-corrected chi connectivity index (χ2v) is 3.51. The summed E-state index contributed by atoms with van der Waals surface area (Å²) in [5, 5.41) is 5.43. The van der Waals surface area contributed by atoms with Crippen molar-refractivity contribution < 1.29 is 0 Å². The molecular weight excluding hydrogens is 186 g/mol. The molecule has 0 amide bonds. The Morgan fingerprint density at radius 1 is 1.07 bits per heavy atom. The van der Waals surface area contributed by atoms with Crippen molar-refractivity contribution in [2.45, 2.75) is 0 Å². The number of nitrogens with one attached hydrogen (secondary N) is 2. The number of pyridine rings is 1. The Morgan fingerprint density at radius 3 is 2.80 bits per heavy atom. The summed E-state index contributed by atoms with van der Waals surface area (Å²) < 4.78 is 0. The lowest BCUT2D eigenvalue weighted by Crippen LogP contribution is -1.90. The molecule has 0 radical (unpaired) electrons. The highest BCUT2D eigenvalue weighted by molar-refractivity contribution is 6.06. The number of hydrogen-bond acceptors (Lipinski definition) is 2. The van der Waals surface area contributed by atoms with E-state index in [1.807, 2.05) is 25.2 Å². The molecule has 0 aliphatic rings. The van der Waals surface area contributed by atoms with Gasteiger partial charge in [-0.1, -0.05) is 18.2 Å². The van der Waals surface area contributed by atoms with Crippen LogP contribution in [-0.2, 0) is 0 Å². The van der Waals surface area contributed by atoms with Gasteiger partial charge in [0.2, 0.25) is 0 Å². The van der Waals surface area contributed by atoms with Crippen LogP contribution in [0.3, 0.4) is 0 Å². The highest BCUT2D eigenvalue weighted by atomic mass is 15.0. The summed E-state index contributed by atoms with van der Waals surface area (Å²) in [6.45, 7) is 0. The van der Waals surface area contributed by atoms with Gasteiger partial charge in [0.05, 0.1) is 0 Å². The predicted molar refractivity (Wildman–Crippen MR) is 63.1 cm³/mol. The molecule has 2 aromatic heterocycles. The topological polar surface area (TPSA) is 40.7 Å². The van der Waals surface area contributed by atoms with Gasteiger partial charge < -0.3 is 10.3 Å². The first-order chi connectivity index (χ1) is 7.38. The summed E-state index contributed by atoms with van der Waals surface area (Å²) in [5.74, 6) is 0.883. The highest BCUT2D eigenvalue weighted by Crippen LogP contribution is 2.24. The van der Waals surface area contributed by atoms with Crippen LogP contribution < -0.4 is 5.32 Å². The Labute approximate surface area is 87.1 Å². The second-order valence-electron chi connectivity index (χ2n) is 3.51. The number of aromatic amines is 1. The maximum Gasteiger partial charge on any atom is 0.140 e. The van der Waals surface area contributed by atoms with Crippen molar-refractivity contribution in [3.8, 4) is 0 Å². The number of para-hydroxylation sites is 1. The van der Waals surface area contributed by atoms with Gasteiger partial charge in [-0.25, -0.2) is 4.98 Å². The van der Waals surface area contributed by atoms with E-state index in [2.05, 4.69) is 33.5 Å². The first-order valence-electron chi connectivity index (χ1n) is 4.94. The van der Waals surface area contributed by atoms with E-state index in [0.29, 0.717) is 0 Å². The van der Waals surface area contributed by atoms with Gasteiger partial charge in [0.25, 0.3) is 0 Å². The van der Waals surface area contributed by atoms with Crippen LogP contribution in [-0.4, -0.2) is 17.0 Å². The smallest absolute Gasteiger partial charge is 0.140 e. The molecule has 1 aromatic carbocycles. The molecule has 0 saturated heterocycles. The van der Waals surface area contributed by atoms with Gasteiger partial charge in [-0.15, -0.1) is 0 Å². The number of H-pyrrole nitrogens is 1. The summed E-state index contributed by atoms with van der Waals surface area (Å²) in [6, 6.07) is 12.3. The number of anilines is 1. The van der Waals surface area contributed by atoms with E-state index in [-0.39, 0.29) is 0 Å². The number of benzene rings is 1. The first-order valence-corrected chi connectivity index (χ1v) is 4.94. The summed E-state index contributed by atoms with van der Waals surface area (Å²) in [5.41, 5.74) is 2.07. The average molecular weight is 197 g/mol. The molecule has 3 aromatic rings. The highest BCUT2D eigenvalue weighted by Gasteiger charge is 2.04. The minimum absolute atomic E-state index is 0.883. The molecule has 0 aliphatic carbocycles. The number of aromatic nitrogens is 2. The molecule has 74 valence electrons. The maximum absolute atomic E-state index is 4.46. The van der Waals surface area contributed by atoms with E-state index in [9.17, 15) is 0 Å². The molecular formula is C12H11N3. The zero-order valence-corrected chi connectivity index (χ0v) is 8.41. The molecule has 2 N–H and O–H groups in total. The van der Waals surface area contributed by atoms with Gasteiger partial charge in [0.1, 0.15) is 11.5 Å². The average Bonchev–Trinajstić information content (AvgIpc) is 2.66. The molecule has 0 fully saturated rings. The van der Waals surface area contributed by atoms with Crippen molar-refractivity contribution in [1.29, 1.82) is 0 Å². The van der Waals surface area contributed by atoms with Crippen molar-refractivity contribution in [2.75, 3.05) is 12.4 Å². The third-order valence-corrected chi connectivity index (χ3v) is 2.62. The van der Waals surface area contributed by atoms with Gasteiger partial charge in [0.15, 0.2) is 0 Å². The van der Waals surface area contributed by atoms with Gasteiger partial charge in [-0.05, 0) is 18.2 Å². The molecule has 0 unspecified atom stereocenters. The maximum atomic E-state index is 4.46. The molecule has 0 atom stereocenters. The molecule has 3 rings (SSSR count). The number of hydrogen-bond donors (Lipinski definition) is 2. The Hall–Kier alpha value is -2.03. The molecule has 0 spiro atoms. The van der Waals surface area contributed by atoms with Gasteiger partial charge in [-0.2, -0.15) is 0 Å². The van der Waals surface area contributed by atoms with Crippen LogP contribution in [0.4, 0.5) is 5.82 Å². The predicted octanol–water partition coefficient (Wildman–Crippen LogP) is 2.76. The Bertz CT molecular complexity index is 625. The standard InChI is InChI=1S/C12H11N3/c1-13-11-7-6-9-8-4-2-3-5-10(8)14-12(9)15-11/h2-7H,1H3,(H2,13,14,15). The van der Waals surface area contributed by atoms with E-state index >= 15 is 0 Å². The zero-order chi connectivity index (χ0) is 10.3. The summed E-state index contributed by atoms with van der Waals surface area (Å²) in [7, 11) is 1.87. The van der Waals surface area contributed by atoms with E-state index in [1.54, 1.807) is 0 Å². The molecule has 3 heteroatoms. The Balaban J connectivity index is 2.43. The van der Waals surface area contributed by atoms with Crippen molar-refractivity contribution in [2.24, 2.45) is 0 Å². The lowest BCUT2D eigenvalue weighted by Gasteiger charge is -1.97. The molecule has 3 nitrogen and oxygen atoms in total. The van der Waals surface area contributed by atoms with E-state index < -0.39 is 0 Å². The SMILES string of the molecule is CNc1ccc2c(n1)[nH]c1ccccc12. The minimum Gasteiger partial charge on any atom is -0.373 e. The summed E-state index contributed by atoms with van der Waals surface area (Å²) >= 11 is 0. The van der Waals surface area contributed by atoms with Crippen molar-refractivity contribution in [1.82, 2.24) is 9.97 Å². The van der Waals surface area contributed by atoms with Crippen LogP contribution in [0.2, 0.25) is 0 Å². The normalized spacial score (nSPS) is 11.0. The Morgan fingerprint density at radius 2 is 1.93 bits per heavy atom. The van der Waals surface area contributed by atoms with E-state index in [1.165, 1.54) is 10.8 Å². The summed E-state index contributed by atoms with van der Waals surface area (Å²) in [6.07, 6.45) is 0. The Kier molecular flexibility index (Phi) is 1.65. The van der Waals surface area contributed by atoms with E-state index in [4.69, 9.17) is 0 Å². The fourth-order valence-electron chi connectivity index (χ4n) is 1.87. The van der Waals surface area contributed by atoms with Crippen LogP contribution in [0.5, 0.6) is 0 Å². The molecule has 2 heterocycles. The van der Waals surface area contributed by atoms with Crippen molar-refractivity contribution in [3.63, 3.8) is 0 Å². The summed E-state index contributed by atoms with van der Waals surface area (Å²) in [4.78, 5) is 7.77. The molecule has 0 aliphatic heterocycles. The molecule has 0 saturated carbocycles. The quantitative estimate of drug-likeness (QED) is 0.629. The van der Waals surface area contributed by atoms with Crippen LogP contribution in [0.25, 0.3) is 21.9 Å². The zero-order valence-electron chi connectivity index (χ0n) is 8.41. The number of rotatable bonds is 1. The largest absolute Gasteiger partial charge is 0.373 e. The molecule has 15 heavy (non-hydrogen) atoms. The fraction of sp³-hybridized carbons (Fsp3) is 0.0833. The van der Waals surface area contributed by atoms with Crippen LogP contribution >= 0.6 is 0 Å². The third-order valence-electron chi connectivity index (χ3n) is 2.62. The first kappa shape index (κ1) is 8.29. The van der Waals surface area contributed by atoms with Crippen molar-refractivity contribution in [3.05, 3.63) is 36.4 Å². The van der Waals surface area contributed by atoms with Crippen LogP contribution in [0.1, 0.15) is 0 Å². The number of fused-ring (bicyclic) bond motifs is 3. The number of nitrogens with zero attached hydrogens (tertiary/aromatic N) is 1. The van der Waals surface area contributed by atoms with Gasteiger partial charge in [-0.3, -0.25) is 0 Å². The lowest BCUT2D eigenvalue weighted by molar-refractivity contribution is 1.31. The minimum atomic E-state index is 0.883.